The summed E-state index contributed by atoms with van der Waals surface area (Å²) in [6, 6.07) is 27.8. The van der Waals surface area contributed by atoms with Gasteiger partial charge in [0.1, 0.15) is 23.2 Å². The van der Waals surface area contributed by atoms with Gasteiger partial charge in [0.2, 0.25) is 0 Å². The molecule has 1 heteroatoms. The number of hydrogen-bond acceptors (Lipinski definition) is 0. The minimum Gasteiger partial charge on any atom is -0.0593 e. The molecule has 0 saturated carbocycles. The third-order valence-corrected chi connectivity index (χ3v) is 9.88. The number of rotatable bonds is 5. The van der Waals surface area contributed by atoms with E-state index in [4.69, 9.17) is 0 Å². The molecule has 0 atom stereocenters. The summed E-state index contributed by atoms with van der Waals surface area (Å²) >= 11 is 0. The van der Waals surface area contributed by atoms with Crippen LogP contribution in [0.4, 0.5) is 0 Å². The maximum Gasteiger partial charge on any atom is 0.112 e. The van der Waals surface area contributed by atoms with Crippen molar-refractivity contribution in [1.29, 1.82) is 0 Å². The lowest BCUT2D eigenvalue weighted by atomic mass is 10.2. The van der Waals surface area contributed by atoms with Crippen molar-refractivity contribution in [2.75, 3.05) is 6.16 Å². The van der Waals surface area contributed by atoms with Gasteiger partial charge in [-0.25, -0.2) is 0 Å². The van der Waals surface area contributed by atoms with E-state index in [1.54, 1.807) is 0 Å². The van der Waals surface area contributed by atoms with Crippen LogP contribution in [-0.4, -0.2) is 6.16 Å². The van der Waals surface area contributed by atoms with Gasteiger partial charge in [-0.15, -0.1) is 0 Å². The van der Waals surface area contributed by atoms with E-state index in [-0.39, 0.29) is 0 Å². The summed E-state index contributed by atoms with van der Waals surface area (Å²) in [7, 11) is -1.67. The second kappa shape index (κ2) is 7.77. The normalized spacial score (nSPS) is 11.8. The van der Waals surface area contributed by atoms with Crippen molar-refractivity contribution in [3.05, 3.63) is 89.5 Å². The van der Waals surface area contributed by atoms with Gasteiger partial charge in [0.15, 0.2) is 0 Å². The Morgan fingerprint density at radius 3 is 1.04 bits per heavy atom. The molecule has 0 aliphatic heterocycles. The largest absolute Gasteiger partial charge is 0.112 e. The Kier molecular flexibility index (Phi) is 5.64. The van der Waals surface area contributed by atoms with Crippen molar-refractivity contribution in [2.45, 2.75) is 34.6 Å². The molecule has 0 radical (unpaired) electrons. The molecule has 0 N–H and O–H groups in total. The number of aryl methyl sites for hydroxylation is 3. The third-order valence-electron chi connectivity index (χ3n) is 5.06. The highest BCUT2D eigenvalue weighted by Gasteiger charge is 2.45. The molecule has 0 saturated heterocycles. The van der Waals surface area contributed by atoms with Gasteiger partial charge in [0.25, 0.3) is 0 Å². The van der Waals surface area contributed by atoms with E-state index in [0.29, 0.717) is 5.92 Å². The minimum absolute atomic E-state index is 0.632. The Morgan fingerprint density at radius 2 is 0.808 bits per heavy atom. The van der Waals surface area contributed by atoms with Crippen LogP contribution in [-0.2, 0) is 0 Å². The molecular formula is C25H30P+. The molecule has 3 aromatic carbocycles. The first kappa shape index (κ1) is 18.9. The molecule has 0 amide bonds. The van der Waals surface area contributed by atoms with Gasteiger partial charge in [-0.2, -0.15) is 0 Å². The first-order valence-corrected chi connectivity index (χ1v) is 11.5. The van der Waals surface area contributed by atoms with Gasteiger partial charge < -0.3 is 0 Å². The van der Waals surface area contributed by atoms with Gasteiger partial charge in [-0.3, -0.25) is 0 Å². The molecule has 26 heavy (non-hydrogen) atoms. The first-order valence-electron chi connectivity index (χ1n) is 9.51. The van der Waals surface area contributed by atoms with E-state index in [1.807, 2.05) is 0 Å². The molecule has 0 unspecified atom stereocenters. The fourth-order valence-corrected chi connectivity index (χ4v) is 8.31. The van der Waals surface area contributed by atoms with Crippen LogP contribution >= 0.6 is 7.26 Å². The Morgan fingerprint density at radius 1 is 0.538 bits per heavy atom. The lowest BCUT2D eigenvalue weighted by Crippen LogP contribution is -2.35. The standard InChI is InChI=1S/C25H30P/c1-19(2)18-26(23-12-6-20(3)7-13-23,24-14-8-21(4)9-15-24)25-16-10-22(5)11-17-25/h6-17,19H,18H2,1-5H3/q+1. The lowest BCUT2D eigenvalue weighted by molar-refractivity contribution is 0.745. The molecule has 0 aliphatic carbocycles. The summed E-state index contributed by atoms with van der Waals surface area (Å²) < 4.78 is 0. The van der Waals surface area contributed by atoms with Crippen molar-refractivity contribution in [3.63, 3.8) is 0 Å². The highest BCUT2D eigenvalue weighted by atomic mass is 31.2. The molecule has 3 aromatic rings. The van der Waals surface area contributed by atoms with E-state index < -0.39 is 7.26 Å². The molecular weight excluding hydrogens is 331 g/mol. The Hall–Kier alpha value is -1.91. The monoisotopic (exact) mass is 361 g/mol. The van der Waals surface area contributed by atoms with Gasteiger partial charge >= 0.3 is 0 Å². The predicted octanol–water partition coefficient (Wildman–Crippen LogP) is 5.56. The smallest absolute Gasteiger partial charge is 0.0593 e. The Balaban J connectivity index is 2.31. The van der Waals surface area contributed by atoms with Crippen molar-refractivity contribution in [2.24, 2.45) is 5.92 Å². The van der Waals surface area contributed by atoms with Crippen molar-refractivity contribution >= 4 is 23.2 Å². The maximum atomic E-state index is 2.37. The van der Waals surface area contributed by atoms with Crippen molar-refractivity contribution in [3.8, 4) is 0 Å². The molecule has 0 bridgehead atoms. The third kappa shape index (κ3) is 3.76. The zero-order chi connectivity index (χ0) is 18.7. The number of benzene rings is 3. The zero-order valence-electron chi connectivity index (χ0n) is 16.7. The first-order chi connectivity index (χ1) is 12.4. The van der Waals surface area contributed by atoms with Crippen LogP contribution in [0, 0.1) is 26.7 Å². The zero-order valence-corrected chi connectivity index (χ0v) is 17.6. The van der Waals surface area contributed by atoms with Crippen LogP contribution in [0.25, 0.3) is 0 Å². The van der Waals surface area contributed by atoms with Crippen molar-refractivity contribution in [1.82, 2.24) is 0 Å². The van der Waals surface area contributed by atoms with Gasteiger partial charge in [0.05, 0.1) is 6.16 Å². The molecule has 134 valence electrons. The van der Waals surface area contributed by atoms with Crippen LogP contribution in [0.1, 0.15) is 30.5 Å². The van der Waals surface area contributed by atoms with Crippen LogP contribution in [0.2, 0.25) is 0 Å². The average molecular weight is 361 g/mol. The van der Waals surface area contributed by atoms with Crippen LogP contribution < -0.4 is 15.9 Å². The second-order valence-electron chi connectivity index (χ2n) is 7.89. The fourth-order valence-electron chi connectivity index (χ4n) is 3.71. The quantitative estimate of drug-likeness (QED) is 0.522. The van der Waals surface area contributed by atoms with E-state index in [0.717, 1.165) is 0 Å². The van der Waals surface area contributed by atoms with E-state index in [1.165, 1.54) is 38.8 Å². The van der Waals surface area contributed by atoms with Crippen LogP contribution in [0.15, 0.2) is 72.8 Å². The highest BCUT2D eigenvalue weighted by molar-refractivity contribution is 7.95. The molecule has 0 aliphatic rings. The molecule has 3 rings (SSSR count). The summed E-state index contributed by atoms with van der Waals surface area (Å²) in [5.74, 6) is 0.632. The van der Waals surface area contributed by atoms with Crippen LogP contribution in [0.3, 0.4) is 0 Å². The molecule has 0 spiro atoms. The minimum atomic E-state index is -1.67. The van der Waals surface area contributed by atoms with E-state index >= 15 is 0 Å². The second-order valence-corrected chi connectivity index (χ2v) is 11.4. The van der Waals surface area contributed by atoms with E-state index in [9.17, 15) is 0 Å². The lowest BCUT2D eigenvalue weighted by Gasteiger charge is -2.29. The van der Waals surface area contributed by atoms with Gasteiger partial charge in [-0.05, 0) is 63.1 Å². The van der Waals surface area contributed by atoms with Gasteiger partial charge in [0, 0.05) is 0 Å². The summed E-state index contributed by atoms with van der Waals surface area (Å²) in [5, 5.41) is 4.47. The van der Waals surface area contributed by atoms with Gasteiger partial charge in [-0.1, -0.05) is 66.9 Å². The summed E-state index contributed by atoms with van der Waals surface area (Å²) in [5.41, 5.74) is 3.97. The Bertz CT molecular complexity index is 729. The van der Waals surface area contributed by atoms with Crippen LogP contribution in [0.5, 0.6) is 0 Å². The fraction of sp³-hybridized carbons (Fsp3) is 0.280. The highest BCUT2D eigenvalue weighted by Crippen LogP contribution is 2.56. The molecule has 0 fully saturated rings. The Labute approximate surface area is 159 Å². The summed E-state index contributed by atoms with van der Waals surface area (Å²) in [6.45, 7) is 11.2. The molecule has 0 aromatic heterocycles. The topological polar surface area (TPSA) is 0 Å². The maximum absolute atomic E-state index is 2.37. The predicted molar refractivity (Wildman–Crippen MR) is 119 cm³/mol. The number of hydrogen-bond donors (Lipinski definition) is 0. The summed E-state index contributed by atoms with van der Waals surface area (Å²) in [4.78, 5) is 0. The van der Waals surface area contributed by atoms with Crippen molar-refractivity contribution < 1.29 is 0 Å². The molecule has 0 heterocycles. The average Bonchev–Trinajstić information content (AvgIpc) is 2.62. The van der Waals surface area contributed by atoms with E-state index in [2.05, 4.69) is 107 Å². The SMILES string of the molecule is Cc1ccc([P+](CC(C)C)(c2ccc(C)cc2)c2ccc(C)cc2)cc1. The molecule has 0 nitrogen and oxygen atoms in total. The summed E-state index contributed by atoms with van der Waals surface area (Å²) in [6.07, 6.45) is 1.20.